The number of carbonyl (C=O) groups excluding carboxylic acids is 2. The minimum Gasteiger partial charge on any atom is -0.497 e. The summed E-state index contributed by atoms with van der Waals surface area (Å²) < 4.78 is 16.1. The number of nitrogens with one attached hydrogen (secondary N) is 1. The lowest BCUT2D eigenvalue weighted by molar-refractivity contribution is -0.138. The number of amidine groups is 1. The number of carboxylic acid groups (broad SMARTS) is 1. The Kier molecular flexibility index (Phi) is 8.03. The molecule has 1 heterocycles. The van der Waals surface area contributed by atoms with Crippen LogP contribution in [-0.4, -0.2) is 53.3 Å². The molecular formula is C22H21N3O7S. The number of ether oxygens (including phenoxy) is 3. The topological polar surface area (TPSA) is 136 Å². The van der Waals surface area contributed by atoms with Crippen molar-refractivity contribution in [3.8, 4) is 17.2 Å². The predicted octanol–water partition coefficient (Wildman–Crippen LogP) is 2.71. The van der Waals surface area contributed by atoms with Crippen LogP contribution in [0, 0.1) is 0 Å². The Morgan fingerprint density at radius 3 is 2.61 bits per heavy atom. The number of benzene rings is 2. The maximum atomic E-state index is 12.5. The first-order valence-corrected chi connectivity index (χ1v) is 10.7. The van der Waals surface area contributed by atoms with Crippen molar-refractivity contribution in [1.82, 2.24) is 5.32 Å². The fourth-order valence-electron chi connectivity index (χ4n) is 2.74. The number of esters is 1. The number of amides is 1. The maximum absolute atomic E-state index is 12.5. The fraction of sp³-hybridized carbons (Fsp3) is 0.227. The second-order valence-electron chi connectivity index (χ2n) is 6.60. The van der Waals surface area contributed by atoms with E-state index in [9.17, 15) is 14.4 Å². The summed E-state index contributed by atoms with van der Waals surface area (Å²) in [5.74, 6) is -0.808. The molecule has 0 spiro atoms. The maximum Gasteiger partial charge on any atom is 0.343 e. The molecule has 172 valence electrons. The zero-order chi connectivity index (χ0) is 23.8. The summed E-state index contributed by atoms with van der Waals surface area (Å²) in [5, 5.41) is 18.6. The monoisotopic (exact) mass is 471 g/mol. The van der Waals surface area contributed by atoms with Crippen molar-refractivity contribution in [1.29, 1.82) is 0 Å². The van der Waals surface area contributed by atoms with Crippen LogP contribution < -0.4 is 19.5 Å². The van der Waals surface area contributed by atoms with Gasteiger partial charge in [0.2, 0.25) is 5.91 Å². The lowest BCUT2D eigenvalue weighted by Crippen LogP contribution is -2.26. The number of carboxylic acids is 1. The van der Waals surface area contributed by atoms with Gasteiger partial charge in [0, 0.05) is 0 Å². The van der Waals surface area contributed by atoms with Gasteiger partial charge in [-0.05, 0) is 55.0 Å². The van der Waals surface area contributed by atoms with E-state index in [0.717, 1.165) is 11.8 Å². The van der Waals surface area contributed by atoms with Gasteiger partial charge in [-0.2, -0.15) is 5.10 Å². The van der Waals surface area contributed by atoms with Gasteiger partial charge in [-0.3, -0.25) is 9.59 Å². The van der Waals surface area contributed by atoms with E-state index in [1.54, 1.807) is 49.4 Å². The number of carbonyl (C=O) groups is 3. The molecule has 1 aliphatic rings. The Morgan fingerprint density at radius 2 is 1.94 bits per heavy atom. The van der Waals surface area contributed by atoms with E-state index < -0.39 is 23.1 Å². The third-order valence-corrected chi connectivity index (χ3v) is 5.36. The summed E-state index contributed by atoms with van der Waals surface area (Å²) in [6, 6.07) is 11.4. The molecule has 0 radical (unpaired) electrons. The molecule has 1 aliphatic heterocycles. The lowest BCUT2D eigenvalue weighted by Gasteiger charge is -2.11. The molecule has 2 N–H and O–H groups in total. The molecule has 1 unspecified atom stereocenters. The Labute approximate surface area is 193 Å². The van der Waals surface area contributed by atoms with Gasteiger partial charge in [0.25, 0.3) is 0 Å². The molecule has 1 fully saturated rings. The highest BCUT2D eigenvalue weighted by atomic mass is 32.2. The van der Waals surface area contributed by atoms with E-state index in [4.69, 9.17) is 19.3 Å². The zero-order valence-corrected chi connectivity index (χ0v) is 18.6. The molecule has 0 aliphatic carbocycles. The molecule has 11 heteroatoms. The minimum absolute atomic E-state index is 0.220. The van der Waals surface area contributed by atoms with Crippen molar-refractivity contribution in [3.05, 3.63) is 53.6 Å². The molecule has 2 aromatic carbocycles. The third-order valence-electron chi connectivity index (χ3n) is 4.29. The SMILES string of the molecule is CCOc1cc(/C=N/N=C2/NC(=O)C(CC(=O)O)S2)ccc1OC(=O)c1ccc(OC)cc1. The summed E-state index contributed by atoms with van der Waals surface area (Å²) >= 11 is 1.01. The van der Waals surface area contributed by atoms with Gasteiger partial charge in [0.05, 0.1) is 31.9 Å². The van der Waals surface area contributed by atoms with Gasteiger partial charge in [-0.25, -0.2) is 4.79 Å². The number of hydrogen-bond donors (Lipinski definition) is 2. The zero-order valence-electron chi connectivity index (χ0n) is 17.8. The number of methoxy groups -OCH3 is 1. The Morgan fingerprint density at radius 1 is 1.18 bits per heavy atom. The molecule has 1 amide bonds. The Bertz CT molecular complexity index is 1100. The largest absolute Gasteiger partial charge is 0.497 e. The molecule has 3 rings (SSSR count). The second kappa shape index (κ2) is 11.1. The predicted molar refractivity (Wildman–Crippen MR) is 122 cm³/mol. The van der Waals surface area contributed by atoms with E-state index in [-0.39, 0.29) is 17.3 Å². The molecule has 2 aromatic rings. The number of aliphatic carboxylic acids is 1. The van der Waals surface area contributed by atoms with Crippen LogP contribution in [0.15, 0.2) is 52.7 Å². The van der Waals surface area contributed by atoms with Crippen LogP contribution in [0.5, 0.6) is 17.2 Å². The summed E-state index contributed by atoms with van der Waals surface area (Å²) in [6.45, 7) is 2.15. The third kappa shape index (κ3) is 6.56. The highest BCUT2D eigenvalue weighted by Crippen LogP contribution is 2.29. The fourth-order valence-corrected chi connectivity index (χ4v) is 3.65. The molecule has 33 heavy (non-hydrogen) atoms. The Balaban J connectivity index is 1.69. The van der Waals surface area contributed by atoms with Crippen LogP contribution in [0.3, 0.4) is 0 Å². The van der Waals surface area contributed by atoms with Crippen molar-refractivity contribution in [3.63, 3.8) is 0 Å². The minimum atomic E-state index is -1.07. The Hall–Kier alpha value is -3.86. The lowest BCUT2D eigenvalue weighted by atomic mass is 10.2. The summed E-state index contributed by atoms with van der Waals surface area (Å²) in [6.07, 6.45) is 1.13. The van der Waals surface area contributed by atoms with E-state index in [1.165, 1.54) is 13.3 Å². The average Bonchev–Trinajstić information content (AvgIpc) is 3.13. The number of hydrogen-bond acceptors (Lipinski definition) is 9. The second-order valence-corrected chi connectivity index (χ2v) is 7.79. The van der Waals surface area contributed by atoms with Gasteiger partial charge in [-0.1, -0.05) is 11.8 Å². The van der Waals surface area contributed by atoms with Crippen LogP contribution in [0.4, 0.5) is 0 Å². The summed E-state index contributed by atoms with van der Waals surface area (Å²) in [4.78, 5) is 35.0. The van der Waals surface area contributed by atoms with E-state index in [1.807, 2.05) is 0 Å². The molecule has 0 bridgehead atoms. The average molecular weight is 471 g/mol. The first-order chi connectivity index (χ1) is 15.9. The van der Waals surface area contributed by atoms with Crippen molar-refractivity contribution < 1.29 is 33.7 Å². The van der Waals surface area contributed by atoms with E-state index in [2.05, 4.69) is 15.5 Å². The molecule has 10 nitrogen and oxygen atoms in total. The summed E-state index contributed by atoms with van der Waals surface area (Å²) in [5.41, 5.74) is 0.973. The van der Waals surface area contributed by atoms with E-state index in [0.29, 0.717) is 29.2 Å². The molecule has 1 saturated heterocycles. The van der Waals surface area contributed by atoms with Gasteiger partial charge in [0.1, 0.15) is 11.0 Å². The smallest absolute Gasteiger partial charge is 0.343 e. The number of rotatable bonds is 9. The molecular weight excluding hydrogens is 450 g/mol. The molecule has 1 atom stereocenters. The van der Waals surface area contributed by atoms with Crippen LogP contribution >= 0.6 is 11.8 Å². The van der Waals surface area contributed by atoms with E-state index >= 15 is 0 Å². The molecule has 0 aromatic heterocycles. The van der Waals surface area contributed by atoms with Crippen molar-refractivity contribution in [2.24, 2.45) is 10.2 Å². The van der Waals surface area contributed by atoms with Gasteiger partial charge >= 0.3 is 11.9 Å². The van der Waals surface area contributed by atoms with Crippen LogP contribution in [0.25, 0.3) is 0 Å². The van der Waals surface area contributed by atoms with Crippen molar-refractivity contribution >= 4 is 41.0 Å². The van der Waals surface area contributed by atoms with Crippen molar-refractivity contribution in [2.75, 3.05) is 13.7 Å². The first kappa shape index (κ1) is 23.8. The quantitative estimate of drug-likeness (QED) is 0.247. The highest BCUT2D eigenvalue weighted by molar-refractivity contribution is 8.15. The van der Waals surface area contributed by atoms with Gasteiger partial charge < -0.3 is 24.6 Å². The number of nitrogens with zero attached hydrogens (tertiary/aromatic N) is 2. The van der Waals surface area contributed by atoms with Crippen LogP contribution in [-0.2, 0) is 9.59 Å². The highest BCUT2D eigenvalue weighted by Gasteiger charge is 2.32. The summed E-state index contributed by atoms with van der Waals surface area (Å²) in [7, 11) is 1.54. The van der Waals surface area contributed by atoms with Gasteiger partial charge in [-0.15, -0.1) is 5.10 Å². The standard InChI is InChI=1S/C22H21N3O7S/c1-3-31-17-10-13(12-23-25-22-24-20(28)18(33-22)11-19(26)27)4-9-16(17)32-21(29)14-5-7-15(30-2)8-6-14/h4-10,12,18H,3,11H2,1-2H3,(H,26,27)(H,24,25,28)/b23-12+. The van der Waals surface area contributed by atoms with Gasteiger partial charge in [0.15, 0.2) is 16.7 Å². The normalized spacial score (nSPS) is 16.6. The van der Waals surface area contributed by atoms with Crippen LogP contribution in [0.1, 0.15) is 29.3 Å². The molecule has 0 saturated carbocycles. The first-order valence-electron chi connectivity index (χ1n) is 9.83. The number of thioether (sulfide) groups is 1. The van der Waals surface area contributed by atoms with Crippen LogP contribution in [0.2, 0.25) is 0 Å². The van der Waals surface area contributed by atoms with Crippen molar-refractivity contribution in [2.45, 2.75) is 18.6 Å².